The Kier molecular flexibility index (Phi) is 1.50. The Bertz CT molecular complexity index is 233. The number of nitrogen functional groups attached to an aromatic ring is 1. The molecule has 0 amide bonds. The van der Waals surface area contributed by atoms with Crippen molar-refractivity contribution in [1.29, 1.82) is 0 Å². The normalized spacial score (nSPS) is 13.4. The van der Waals surface area contributed by atoms with E-state index in [1.165, 1.54) is 0 Å². The standard InChI is InChI=1S/C3H4N2O3S/c4-3-5-2(1-8-3)9(6)7/h1H,(H2,4,5)(H,6,7). The van der Waals surface area contributed by atoms with Crippen molar-refractivity contribution in [2.24, 2.45) is 0 Å². The van der Waals surface area contributed by atoms with Crippen LogP contribution in [0.15, 0.2) is 15.7 Å². The molecule has 9 heavy (non-hydrogen) atoms. The highest BCUT2D eigenvalue weighted by molar-refractivity contribution is 7.79. The van der Waals surface area contributed by atoms with E-state index in [0.29, 0.717) is 0 Å². The number of rotatable bonds is 1. The zero-order valence-electron chi connectivity index (χ0n) is 4.27. The summed E-state index contributed by atoms with van der Waals surface area (Å²) in [5.41, 5.74) is 4.99. The average molecular weight is 148 g/mol. The van der Waals surface area contributed by atoms with E-state index < -0.39 is 11.1 Å². The van der Waals surface area contributed by atoms with Gasteiger partial charge in [0.15, 0.2) is 5.03 Å². The highest BCUT2D eigenvalue weighted by Gasteiger charge is 2.04. The number of hydrogen-bond acceptors (Lipinski definition) is 4. The third-order valence-corrected chi connectivity index (χ3v) is 1.23. The van der Waals surface area contributed by atoms with Gasteiger partial charge in [-0.3, -0.25) is 0 Å². The van der Waals surface area contributed by atoms with Crippen LogP contribution in [-0.2, 0) is 11.1 Å². The number of hydrogen-bond donors (Lipinski definition) is 2. The predicted octanol–water partition coefficient (Wildman–Crippen LogP) is -0.163. The number of anilines is 1. The number of nitrogens with two attached hydrogens (primary N) is 1. The molecular weight excluding hydrogens is 144 g/mol. The van der Waals surface area contributed by atoms with Gasteiger partial charge in [0.25, 0.3) is 6.01 Å². The summed E-state index contributed by atoms with van der Waals surface area (Å²) >= 11 is -2.09. The first-order valence-corrected chi connectivity index (χ1v) is 3.12. The second-order valence-electron chi connectivity index (χ2n) is 1.27. The van der Waals surface area contributed by atoms with Crippen molar-refractivity contribution in [2.75, 3.05) is 5.73 Å². The van der Waals surface area contributed by atoms with E-state index in [9.17, 15) is 4.21 Å². The maximum Gasteiger partial charge on any atom is 0.293 e. The molecular formula is C3H4N2O3S. The first-order valence-electron chi connectivity index (χ1n) is 2.02. The molecule has 3 N–H and O–H groups in total. The lowest BCUT2D eigenvalue weighted by molar-refractivity contribution is 0.554. The Balaban J connectivity index is 2.98. The van der Waals surface area contributed by atoms with Gasteiger partial charge in [0.2, 0.25) is 11.1 Å². The molecule has 0 saturated heterocycles. The SMILES string of the molecule is Nc1nc(S(=O)O)co1. The zero-order chi connectivity index (χ0) is 6.85. The quantitative estimate of drug-likeness (QED) is 0.540. The minimum atomic E-state index is -2.09. The van der Waals surface area contributed by atoms with Gasteiger partial charge in [-0.05, 0) is 0 Å². The number of aromatic nitrogens is 1. The van der Waals surface area contributed by atoms with Crippen LogP contribution in [0, 0.1) is 0 Å². The highest BCUT2D eigenvalue weighted by atomic mass is 32.2. The fraction of sp³-hybridized carbons (Fsp3) is 0. The molecule has 1 heterocycles. The summed E-state index contributed by atoms with van der Waals surface area (Å²) in [4.78, 5) is 3.37. The van der Waals surface area contributed by atoms with Crippen molar-refractivity contribution in [2.45, 2.75) is 5.03 Å². The van der Waals surface area contributed by atoms with Gasteiger partial charge >= 0.3 is 0 Å². The summed E-state index contributed by atoms with van der Waals surface area (Å²) in [7, 11) is 0. The topological polar surface area (TPSA) is 89.3 Å². The molecule has 0 fully saturated rings. The van der Waals surface area contributed by atoms with E-state index in [4.69, 9.17) is 10.3 Å². The third kappa shape index (κ3) is 1.27. The molecule has 1 rings (SSSR count). The maximum atomic E-state index is 10.1. The molecule has 0 saturated carbocycles. The van der Waals surface area contributed by atoms with Crippen molar-refractivity contribution >= 4 is 17.1 Å². The Hall–Kier alpha value is -0.880. The van der Waals surface area contributed by atoms with Crippen molar-refractivity contribution in [3.63, 3.8) is 0 Å². The van der Waals surface area contributed by atoms with Crippen LogP contribution in [0.4, 0.5) is 6.01 Å². The predicted molar refractivity (Wildman–Crippen MR) is 30.0 cm³/mol. The molecule has 1 aromatic heterocycles. The molecule has 0 aliphatic heterocycles. The molecule has 0 aliphatic carbocycles. The summed E-state index contributed by atoms with van der Waals surface area (Å²) in [5.74, 6) is 0. The molecule has 1 aromatic rings. The monoisotopic (exact) mass is 148 g/mol. The summed E-state index contributed by atoms with van der Waals surface area (Å²) in [6.07, 6.45) is 1.03. The Labute approximate surface area is 53.2 Å². The molecule has 5 nitrogen and oxygen atoms in total. The van der Waals surface area contributed by atoms with Gasteiger partial charge in [0.05, 0.1) is 0 Å². The number of nitrogens with zero attached hydrogens (tertiary/aromatic N) is 1. The van der Waals surface area contributed by atoms with E-state index >= 15 is 0 Å². The van der Waals surface area contributed by atoms with Crippen molar-refractivity contribution in [3.8, 4) is 0 Å². The van der Waals surface area contributed by atoms with Crippen LogP contribution in [0.2, 0.25) is 0 Å². The van der Waals surface area contributed by atoms with Crippen LogP contribution in [0.5, 0.6) is 0 Å². The minimum Gasteiger partial charge on any atom is -0.431 e. The summed E-state index contributed by atoms with van der Waals surface area (Å²) in [6, 6.07) is -0.104. The molecule has 0 radical (unpaired) electrons. The van der Waals surface area contributed by atoms with Gasteiger partial charge in [0, 0.05) is 0 Å². The summed E-state index contributed by atoms with van der Waals surface area (Å²) in [5, 5.41) is -0.0625. The average Bonchev–Trinajstić information content (AvgIpc) is 2.14. The Morgan fingerprint density at radius 3 is 2.78 bits per heavy atom. The molecule has 0 aliphatic rings. The van der Waals surface area contributed by atoms with Crippen LogP contribution in [-0.4, -0.2) is 13.7 Å². The van der Waals surface area contributed by atoms with Crippen molar-refractivity contribution < 1.29 is 13.2 Å². The van der Waals surface area contributed by atoms with Gasteiger partial charge in [-0.15, -0.1) is 0 Å². The lowest BCUT2D eigenvalue weighted by atomic mass is 11.0. The van der Waals surface area contributed by atoms with Gasteiger partial charge in [0.1, 0.15) is 6.26 Å². The van der Waals surface area contributed by atoms with Crippen molar-refractivity contribution in [3.05, 3.63) is 6.26 Å². The first kappa shape index (κ1) is 6.24. The fourth-order valence-electron chi connectivity index (χ4n) is 0.352. The maximum absolute atomic E-state index is 10.1. The van der Waals surface area contributed by atoms with Crippen LogP contribution in [0.1, 0.15) is 0 Å². The highest BCUT2D eigenvalue weighted by Crippen LogP contribution is 2.04. The lowest BCUT2D eigenvalue weighted by Gasteiger charge is -1.77. The second kappa shape index (κ2) is 2.16. The second-order valence-corrected chi connectivity index (χ2v) is 2.19. The Morgan fingerprint density at radius 2 is 2.56 bits per heavy atom. The Morgan fingerprint density at radius 1 is 1.89 bits per heavy atom. The number of oxazole rings is 1. The van der Waals surface area contributed by atoms with E-state index in [1.807, 2.05) is 0 Å². The fourth-order valence-corrected chi connectivity index (χ4v) is 0.651. The molecule has 50 valence electrons. The molecule has 0 bridgehead atoms. The molecule has 0 spiro atoms. The van der Waals surface area contributed by atoms with Gasteiger partial charge in [-0.25, -0.2) is 4.21 Å². The molecule has 0 aromatic carbocycles. The zero-order valence-corrected chi connectivity index (χ0v) is 5.09. The van der Waals surface area contributed by atoms with E-state index in [0.717, 1.165) is 6.26 Å². The third-order valence-electron chi connectivity index (χ3n) is 0.680. The first-order chi connectivity index (χ1) is 4.20. The smallest absolute Gasteiger partial charge is 0.293 e. The molecule has 6 heteroatoms. The summed E-state index contributed by atoms with van der Waals surface area (Å²) in [6.45, 7) is 0. The summed E-state index contributed by atoms with van der Waals surface area (Å²) < 4.78 is 22.9. The molecule has 1 unspecified atom stereocenters. The van der Waals surface area contributed by atoms with Gasteiger partial charge in [-0.2, -0.15) is 4.98 Å². The lowest BCUT2D eigenvalue weighted by Crippen LogP contribution is -1.89. The van der Waals surface area contributed by atoms with Crippen LogP contribution < -0.4 is 5.73 Å². The van der Waals surface area contributed by atoms with Gasteiger partial charge in [-0.1, -0.05) is 0 Å². The largest absolute Gasteiger partial charge is 0.431 e. The van der Waals surface area contributed by atoms with E-state index in [1.54, 1.807) is 0 Å². The van der Waals surface area contributed by atoms with E-state index in [2.05, 4.69) is 9.40 Å². The van der Waals surface area contributed by atoms with Gasteiger partial charge < -0.3 is 14.7 Å². The van der Waals surface area contributed by atoms with E-state index in [-0.39, 0.29) is 11.0 Å². The molecule has 1 atom stereocenters. The van der Waals surface area contributed by atoms with Crippen LogP contribution in [0.3, 0.4) is 0 Å². The van der Waals surface area contributed by atoms with Crippen LogP contribution >= 0.6 is 0 Å². The van der Waals surface area contributed by atoms with Crippen molar-refractivity contribution in [1.82, 2.24) is 4.98 Å². The van der Waals surface area contributed by atoms with Crippen LogP contribution in [0.25, 0.3) is 0 Å². The minimum absolute atomic E-state index is 0.0625.